The van der Waals surface area contributed by atoms with Gasteiger partial charge in [-0.15, -0.1) is 19.0 Å². The van der Waals surface area contributed by atoms with Crippen LogP contribution in [0.4, 0.5) is 4.79 Å². The molecular weight excluding hydrogens is 280 g/mol. The lowest BCUT2D eigenvalue weighted by atomic mass is 9.93. The van der Waals surface area contributed by atoms with Gasteiger partial charge in [0, 0.05) is 25.7 Å². The molecule has 0 spiro atoms. The van der Waals surface area contributed by atoms with E-state index in [1.165, 1.54) is 6.42 Å². The van der Waals surface area contributed by atoms with Crippen molar-refractivity contribution in [1.29, 1.82) is 0 Å². The number of carbonyl (C=O) groups is 2. The summed E-state index contributed by atoms with van der Waals surface area (Å²) in [4.78, 5) is 25.2. The van der Waals surface area contributed by atoms with E-state index in [4.69, 9.17) is 0 Å². The third-order valence-corrected chi connectivity index (χ3v) is 3.77. The minimum absolute atomic E-state index is 0. The van der Waals surface area contributed by atoms with Crippen molar-refractivity contribution in [2.45, 2.75) is 18.9 Å². The first-order valence-electron chi connectivity index (χ1n) is 6.83. The number of piperidine rings is 1. The molecule has 0 aromatic heterocycles. The summed E-state index contributed by atoms with van der Waals surface area (Å²) < 4.78 is 0. The van der Waals surface area contributed by atoms with Gasteiger partial charge in [-0.3, -0.25) is 15.0 Å². The van der Waals surface area contributed by atoms with Crippen LogP contribution in [-0.4, -0.2) is 55.6 Å². The lowest BCUT2D eigenvalue weighted by Crippen LogP contribution is -2.49. The Labute approximate surface area is 125 Å². The maximum atomic E-state index is 11.7. The summed E-state index contributed by atoms with van der Waals surface area (Å²) in [5.74, 6) is 0.405. The minimum Gasteiger partial charge on any atom is -0.334 e. The molecule has 0 bridgehead atoms. The van der Waals surface area contributed by atoms with Crippen molar-refractivity contribution in [3.05, 3.63) is 12.7 Å². The van der Waals surface area contributed by atoms with Crippen LogP contribution in [0.1, 0.15) is 12.8 Å². The highest BCUT2D eigenvalue weighted by Crippen LogP contribution is 2.24. The number of nitrogens with one attached hydrogen (secondary N) is 3. The van der Waals surface area contributed by atoms with Gasteiger partial charge in [0.1, 0.15) is 0 Å². The second-order valence-corrected chi connectivity index (χ2v) is 5.18. The van der Waals surface area contributed by atoms with Crippen molar-refractivity contribution in [3.8, 4) is 0 Å². The van der Waals surface area contributed by atoms with Crippen molar-refractivity contribution in [3.63, 3.8) is 0 Å². The van der Waals surface area contributed by atoms with E-state index in [2.05, 4.69) is 27.4 Å². The predicted molar refractivity (Wildman–Crippen MR) is 79.9 cm³/mol. The maximum Gasteiger partial charge on any atom is 0.321 e. The van der Waals surface area contributed by atoms with E-state index < -0.39 is 6.03 Å². The SMILES string of the molecule is C=CCNC(=O)NC(=O)CN1CCC2NCCC2C1.Cl. The van der Waals surface area contributed by atoms with Gasteiger partial charge in [0.05, 0.1) is 6.54 Å². The van der Waals surface area contributed by atoms with E-state index in [9.17, 15) is 9.59 Å². The topological polar surface area (TPSA) is 73.5 Å². The number of imide groups is 1. The molecule has 3 N–H and O–H groups in total. The fraction of sp³-hybridized carbons (Fsp3) is 0.692. The molecule has 6 nitrogen and oxygen atoms in total. The molecule has 0 saturated carbocycles. The minimum atomic E-state index is -0.456. The van der Waals surface area contributed by atoms with E-state index in [0.29, 0.717) is 25.0 Å². The number of carbonyl (C=O) groups excluding carboxylic acids is 2. The van der Waals surface area contributed by atoms with Crippen molar-refractivity contribution < 1.29 is 9.59 Å². The number of nitrogens with zero attached hydrogens (tertiary/aromatic N) is 1. The van der Waals surface area contributed by atoms with Crippen LogP contribution >= 0.6 is 12.4 Å². The summed E-state index contributed by atoms with van der Waals surface area (Å²) in [6.45, 7) is 7.09. The van der Waals surface area contributed by atoms with Crippen LogP contribution in [0.2, 0.25) is 0 Å². The smallest absolute Gasteiger partial charge is 0.321 e. The van der Waals surface area contributed by atoms with Gasteiger partial charge in [-0.2, -0.15) is 0 Å². The van der Waals surface area contributed by atoms with Crippen molar-refractivity contribution in [1.82, 2.24) is 20.9 Å². The standard InChI is InChI=1S/C13H22N4O2.ClH/c1-2-5-15-13(19)16-12(18)9-17-7-4-11-10(8-17)3-6-14-11;/h2,10-11,14H,1,3-9H2,(H2,15,16,18,19);1H. The molecule has 2 atom stereocenters. The molecule has 20 heavy (non-hydrogen) atoms. The Morgan fingerprint density at radius 3 is 2.95 bits per heavy atom. The average Bonchev–Trinajstić information content (AvgIpc) is 2.83. The van der Waals surface area contributed by atoms with E-state index in [1.807, 2.05) is 0 Å². The number of hydrogen-bond donors (Lipinski definition) is 3. The number of fused-ring (bicyclic) bond motifs is 1. The molecule has 3 amide bonds. The highest BCUT2D eigenvalue weighted by atomic mass is 35.5. The molecule has 0 aromatic rings. The average molecular weight is 303 g/mol. The normalized spacial score (nSPS) is 25.2. The van der Waals surface area contributed by atoms with Gasteiger partial charge in [-0.05, 0) is 25.3 Å². The highest BCUT2D eigenvalue weighted by molar-refractivity contribution is 5.95. The molecule has 0 aromatic carbocycles. The molecule has 7 heteroatoms. The van der Waals surface area contributed by atoms with E-state index >= 15 is 0 Å². The lowest BCUT2D eigenvalue weighted by molar-refractivity contribution is -0.121. The number of amides is 3. The Hall–Kier alpha value is -1.11. The number of likely N-dealkylation sites (tertiary alicyclic amines) is 1. The third-order valence-electron chi connectivity index (χ3n) is 3.77. The van der Waals surface area contributed by atoms with Crippen LogP contribution in [0.25, 0.3) is 0 Å². The van der Waals surface area contributed by atoms with E-state index in [0.717, 1.165) is 26.1 Å². The van der Waals surface area contributed by atoms with Gasteiger partial charge >= 0.3 is 6.03 Å². The molecule has 2 saturated heterocycles. The molecule has 2 fully saturated rings. The van der Waals surface area contributed by atoms with Crippen molar-refractivity contribution >= 4 is 24.3 Å². The first-order valence-corrected chi connectivity index (χ1v) is 6.83. The Morgan fingerprint density at radius 2 is 2.20 bits per heavy atom. The second kappa shape index (κ2) is 8.24. The third kappa shape index (κ3) is 4.77. The lowest BCUT2D eigenvalue weighted by Gasteiger charge is -2.34. The van der Waals surface area contributed by atoms with E-state index in [-0.39, 0.29) is 18.3 Å². The fourth-order valence-corrected chi connectivity index (χ4v) is 2.84. The van der Waals surface area contributed by atoms with Gasteiger partial charge in [0.25, 0.3) is 0 Å². The van der Waals surface area contributed by atoms with Gasteiger partial charge in [-0.1, -0.05) is 6.08 Å². The summed E-state index contributed by atoms with van der Waals surface area (Å²) in [7, 11) is 0. The summed E-state index contributed by atoms with van der Waals surface area (Å²) >= 11 is 0. The summed E-state index contributed by atoms with van der Waals surface area (Å²) in [6, 6.07) is 0.164. The summed E-state index contributed by atoms with van der Waals surface area (Å²) in [5, 5.41) is 8.33. The zero-order chi connectivity index (χ0) is 13.7. The number of hydrogen-bond acceptors (Lipinski definition) is 4. The van der Waals surface area contributed by atoms with Crippen LogP contribution in [0.15, 0.2) is 12.7 Å². The molecule has 114 valence electrons. The number of rotatable bonds is 4. The molecule has 2 rings (SSSR count). The molecule has 0 radical (unpaired) electrons. The van der Waals surface area contributed by atoms with Gasteiger partial charge < -0.3 is 10.6 Å². The monoisotopic (exact) mass is 302 g/mol. The quantitative estimate of drug-likeness (QED) is 0.644. The molecule has 2 aliphatic rings. The van der Waals surface area contributed by atoms with Crippen LogP contribution in [0, 0.1) is 5.92 Å². The number of urea groups is 1. The predicted octanol–water partition coefficient (Wildman–Crippen LogP) is 0.104. The zero-order valence-electron chi connectivity index (χ0n) is 11.6. The molecular formula is C13H23ClN4O2. The molecule has 2 aliphatic heterocycles. The molecule has 2 unspecified atom stereocenters. The Kier molecular flexibility index (Phi) is 6.98. The van der Waals surface area contributed by atoms with Crippen LogP contribution in [0.3, 0.4) is 0 Å². The Morgan fingerprint density at radius 1 is 1.40 bits per heavy atom. The first kappa shape index (κ1) is 16.9. The van der Waals surface area contributed by atoms with Gasteiger partial charge in [0.15, 0.2) is 0 Å². The van der Waals surface area contributed by atoms with Crippen molar-refractivity contribution in [2.24, 2.45) is 5.92 Å². The zero-order valence-corrected chi connectivity index (χ0v) is 12.4. The summed E-state index contributed by atoms with van der Waals surface area (Å²) in [5.41, 5.74) is 0. The Bertz CT molecular complexity index is 364. The van der Waals surface area contributed by atoms with Crippen molar-refractivity contribution in [2.75, 3.05) is 32.7 Å². The molecule has 0 aliphatic carbocycles. The van der Waals surface area contributed by atoms with Crippen LogP contribution < -0.4 is 16.0 Å². The maximum absolute atomic E-state index is 11.7. The summed E-state index contributed by atoms with van der Waals surface area (Å²) in [6.07, 6.45) is 3.84. The fourth-order valence-electron chi connectivity index (χ4n) is 2.84. The van der Waals surface area contributed by atoms with Crippen LogP contribution in [0.5, 0.6) is 0 Å². The largest absolute Gasteiger partial charge is 0.334 e. The van der Waals surface area contributed by atoms with E-state index in [1.54, 1.807) is 6.08 Å². The number of halogens is 1. The van der Waals surface area contributed by atoms with Crippen LogP contribution in [-0.2, 0) is 4.79 Å². The van der Waals surface area contributed by atoms with Gasteiger partial charge in [-0.25, -0.2) is 4.79 Å². The second-order valence-electron chi connectivity index (χ2n) is 5.18. The highest BCUT2D eigenvalue weighted by Gasteiger charge is 2.33. The molecule has 2 heterocycles. The van der Waals surface area contributed by atoms with Gasteiger partial charge in [0.2, 0.25) is 5.91 Å². The first-order chi connectivity index (χ1) is 9.19. The Balaban J connectivity index is 0.00000200.